The van der Waals surface area contributed by atoms with Crippen LogP contribution < -0.4 is 5.32 Å². The number of alkyl halides is 3. The van der Waals surface area contributed by atoms with Crippen LogP contribution in [0.25, 0.3) is 0 Å². The molecule has 0 fully saturated rings. The Kier molecular flexibility index (Phi) is 5.79. The number of aryl methyl sites for hydroxylation is 2. The van der Waals surface area contributed by atoms with E-state index in [9.17, 15) is 13.2 Å². The van der Waals surface area contributed by atoms with Crippen molar-refractivity contribution in [3.05, 3.63) is 29.1 Å². The molecule has 108 valence electrons. The Bertz CT molecular complexity index is 402. The lowest BCUT2D eigenvalue weighted by Gasteiger charge is -2.20. The molecule has 0 spiro atoms. The summed E-state index contributed by atoms with van der Waals surface area (Å²) < 4.78 is 36.6. The van der Waals surface area contributed by atoms with E-state index in [1.54, 1.807) is 0 Å². The number of hydrogen-bond donors (Lipinski definition) is 1. The highest BCUT2D eigenvalue weighted by atomic mass is 19.4. The van der Waals surface area contributed by atoms with E-state index in [0.717, 1.165) is 23.5 Å². The Hall–Kier alpha value is -1.10. The minimum absolute atomic E-state index is 0.0551. The first-order chi connectivity index (χ1) is 8.83. The summed E-state index contributed by atoms with van der Waals surface area (Å²) >= 11 is 0. The molecule has 0 aliphatic rings. The van der Waals surface area contributed by atoms with Crippen molar-refractivity contribution in [3.8, 4) is 0 Å². The van der Waals surface area contributed by atoms with Gasteiger partial charge in [-0.2, -0.15) is 13.2 Å². The number of pyridine rings is 1. The molecule has 0 radical (unpaired) electrons. The van der Waals surface area contributed by atoms with Crippen LogP contribution in [0, 0.1) is 13.8 Å². The van der Waals surface area contributed by atoms with E-state index in [1.165, 1.54) is 0 Å². The van der Waals surface area contributed by atoms with E-state index in [2.05, 4.69) is 10.3 Å². The van der Waals surface area contributed by atoms with Gasteiger partial charge in [0.25, 0.3) is 0 Å². The molecule has 1 atom stereocenters. The third kappa shape index (κ3) is 5.59. The molecule has 1 aromatic heterocycles. The second-order valence-corrected chi connectivity index (χ2v) is 4.74. The van der Waals surface area contributed by atoms with Crippen molar-refractivity contribution in [1.29, 1.82) is 0 Å². The fourth-order valence-corrected chi connectivity index (χ4v) is 2.19. The molecule has 0 amide bonds. The molecule has 0 bridgehead atoms. The first-order valence-electron chi connectivity index (χ1n) is 6.57. The van der Waals surface area contributed by atoms with Crippen molar-refractivity contribution in [2.45, 2.75) is 52.3 Å². The lowest BCUT2D eigenvalue weighted by Crippen LogP contribution is -2.22. The summed E-state index contributed by atoms with van der Waals surface area (Å²) in [5, 5.41) is 3.24. The molecule has 0 saturated heterocycles. The minimum Gasteiger partial charge on any atom is -0.310 e. The predicted molar refractivity (Wildman–Crippen MR) is 70.0 cm³/mol. The third-order valence-electron chi connectivity index (χ3n) is 3.04. The van der Waals surface area contributed by atoms with Crippen LogP contribution in [-0.2, 0) is 0 Å². The van der Waals surface area contributed by atoms with E-state index in [4.69, 9.17) is 0 Å². The van der Waals surface area contributed by atoms with E-state index < -0.39 is 12.6 Å². The van der Waals surface area contributed by atoms with Gasteiger partial charge in [0.15, 0.2) is 0 Å². The summed E-state index contributed by atoms with van der Waals surface area (Å²) in [6.07, 6.45) is -4.20. The molecule has 0 aliphatic heterocycles. The third-order valence-corrected chi connectivity index (χ3v) is 3.04. The van der Waals surface area contributed by atoms with E-state index >= 15 is 0 Å². The lowest BCUT2D eigenvalue weighted by molar-refractivity contribution is -0.135. The van der Waals surface area contributed by atoms with E-state index in [1.807, 2.05) is 32.9 Å². The Labute approximate surface area is 112 Å². The fourth-order valence-electron chi connectivity index (χ4n) is 2.19. The van der Waals surface area contributed by atoms with Crippen molar-refractivity contribution in [1.82, 2.24) is 10.3 Å². The molecular formula is C14H21F3N2. The molecule has 1 aromatic rings. The van der Waals surface area contributed by atoms with Crippen LogP contribution in [0.4, 0.5) is 13.2 Å². The standard InChI is InChI=1S/C14H21F3N2/c1-4-18-13(6-5-9-14(15,16)17)12-8-7-10(2)19-11(12)3/h7-8,13,18H,4-6,9H2,1-3H3. The van der Waals surface area contributed by atoms with Gasteiger partial charge in [-0.15, -0.1) is 0 Å². The topological polar surface area (TPSA) is 24.9 Å². The molecule has 1 N–H and O–H groups in total. The maximum Gasteiger partial charge on any atom is 0.389 e. The molecule has 19 heavy (non-hydrogen) atoms. The summed E-state index contributed by atoms with van der Waals surface area (Å²) in [6, 6.07) is 3.80. The first kappa shape index (κ1) is 16.0. The van der Waals surface area contributed by atoms with Crippen molar-refractivity contribution >= 4 is 0 Å². The fraction of sp³-hybridized carbons (Fsp3) is 0.643. The zero-order chi connectivity index (χ0) is 14.5. The molecule has 1 unspecified atom stereocenters. The SMILES string of the molecule is CCNC(CCCC(F)(F)F)c1ccc(C)nc1C. The van der Waals surface area contributed by atoms with Crippen LogP contribution in [0.5, 0.6) is 0 Å². The first-order valence-corrected chi connectivity index (χ1v) is 6.57. The second-order valence-electron chi connectivity index (χ2n) is 4.74. The maximum absolute atomic E-state index is 12.2. The number of halogens is 3. The Balaban J connectivity index is 2.71. The summed E-state index contributed by atoms with van der Waals surface area (Å²) in [7, 11) is 0. The molecule has 2 nitrogen and oxygen atoms in total. The minimum atomic E-state index is -4.07. The normalized spacial score (nSPS) is 13.6. The van der Waals surface area contributed by atoms with Gasteiger partial charge in [0, 0.05) is 23.9 Å². The van der Waals surface area contributed by atoms with Gasteiger partial charge in [0.2, 0.25) is 0 Å². The predicted octanol–water partition coefficient (Wildman–Crippen LogP) is 4.08. The monoisotopic (exact) mass is 274 g/mol. The molecule has 0 aromatic carbocycles. The van der Waals surface area contributed by atoms with E-state index in [-0.39, 0.29) is 12.5 Å². The molecule has 0 aliphatic carbocycles. The number of hydrogen-bond acceptors (Lipinski definition) is 2. The van der Waals surface area contributed by atoms with Gasteiger partial charge in [-0.1, -0.05) is 13.0 Å². The maximum atomic E-state index is 12.2. The van der Waals surface area contributed by atoms with Gasteiger partial charge in [-0.05, 0) is 44.9 Å². The highest BCUT2D eigenvalue weighted by Crippen LogP contribution is 2.27. The lowest BCUT2D eigenvalue weighted by atomic mass is 9.99. The highest BCUT2D eigenvalue weighted by molar-refractivity contribution is 5.25. The number of nitrogens with zero attached hydrogens (tertiary/aromatic N) is 1. The van der Waals surface area contributed by atoms with Crippen LogP contribution in [0.1, 0.15) is 49.2 Å². The molecule has 5 heteroatoms. The van der Waals surface area contributed by atoms with Crippen LogP contribution in [0.2, 0.25) is 0 Å². The highest BCUT2D eigenvalue weighted by Gasteiger charge is 2.27. The van der Waals surface area contributed by atoms with Gasteiger partial charge in [-0.25, -0.2) is 0 Å². The van der Waals surface area contributed by atoms with Gasteiger partial charge >= 0.3 is 6.18 Å². The van der Waals surface area contributed by atoms with Crippen molar-refractivity contribution in [3.63, 3.8) is 0 Å². The van der Waals surface area contributed by atoms with Gasteiger partial charge in [0.1, 0.15) is 0 Å². The molecular weight excluding hydrogens is 253 g/mol. The largest absolute Gasteiger partial charge is 0.389 e. The molecule has 1 rings (SSSR count). The summed E-state index contributed by atoms with van der Waals surface area (Å²) in [4.78, 5) is 4.37. The van der Waals surface area contributed by atoms with Gasteiger partial charge in [0.05, 0.1) is 0 Å². The van der Waals surface area contributed by atoms with Crippen molar-refractivity contribution < 1.29 is 13.2 Å². The average Bonchev–Trinajstić information content (AvgIpc) is 2.26. The molecule has 1 heterocycles. The Morgan fingerprint density at radius 1 is 1.26 bits per heavy atom. The van der Waals surface area contributed by atoms with Crippen LogP contribution in [-0.4, -0.2) is 17.7 Å². The summed E-state index contributed by atoms with van der Waals surface area (Å²) in [6.45, 7) is 6.48. The average molecular weight is 274 g/mol. The Morgan fingerprint density at radius 3 is 2.47 bits per heavy atom. The summed E-state index contributed by atoms with van der Waals surface area (Å²) in [5.74, 6) is 0. The van der Waals surface area contributed by atoms with Crippen LogP contribution >= 0.6 is 0 Å². The zero-order valence-electron chi connectivity index (χ0n) is 11.6. The van der Waals surface area contributed by atoms with Gasteiger partial charge in [-0.3, -0.25) is 4.98 Å². The quantitative estimate of drug-likeness (QED) is 0.845. The van der Waals surface area contributed by atoms with Crippen LogP contribution in [0.15, 0.2) is 12.1 Å². The van der Waals surface area contributed by atoms with Crippen molar-refractivity contribution in [2.75, 3.05) is 6.54 Å². The van der Waals surface area contributed by atoms with Crippen LogP contribution in [0.3, 0.4) is 0 Å². The second kappa shape index (κ2) is 6.89. The van der Waals surface area contributed by atoms with Gasteiger partial charge < -0.3 is 5.32 Å². The van der Waals surface area contributed by atoms with Crippen molar-refractivity contribution in [2.24, 2.45) is 0 Å². The zero-order valence-corrected chi connectivity index (χ0v) is 11.6. The Morgan fingerprint density at radius 2 is 1.95 bits per heavy atom. The molecule has 0 saturated carbocycles. The summed E-state index contributed by atoms with van der Waals surface area (Å²) in [5.41, 5.74) is 2.80. The van der Waals surface area contributed by atoms with E-state index in [0.29, 0.717) is 6.42 Å². The number of aromatic nitrogens is 1. The number of rotatable bonds is 6. The number of nitrogens with one attached hydrogen (secondary N) is 1. The smallest absolute Gasteiger partial charge is 0.310 e.